The lowest BCUT2D eigenvalue weighted by Gasteiger charge is -2.14. The largest absolute Gasteiger partial charge is 0.463 e. The smallest absolute Gasteiger partial charge is 0.305 e. The summed E-state index contributed by atoms with van der Waals surface area (Å²) in [5, 5.41) is 25.2. The molecular weight excluding hydrogens is 386 g/mol. The molecule has 1 aliphatic rings. The molecule has 9 heteroatoms. The normalized spacial score (nSPS) is 24.8. The van der Waals surface area contributed by atoms with Crippen molar-refractivity contribution in [3.8, 4) is 0 Å². The van der Waals surface area contributed by atoms with Gasteiger partial charge in [-0.25, -0.2) is 9.50 Å². The van der Waals surface area contributed by atoms with Gasteiger partial charge >= 0.3 is 5.97 Å². The van der Waals surface area contributed by atoms with Gasteiger partial charge in [0.05, 0.1) is 17.3 Å². The van der Waals surface area contributed by atoms with Gasteiger partial charge in [0.15, 0.2) is 0 Å². The van der Waals surface area contributed by atoms with E-state index in [0.29, 0.717) is 17.4 Å². The third-order valence-corrected chi connectivity index (χ3v) is 5.15. The highest BCUT2D eigenvalue weighted by Gasteiger charge is 2.43. The maximum atomic E-state index is 11.8. The maximum Gasteiger partial charge on any atom is 0.305 e. The summed E-state index contributed by atoms with van der Waals surface area (Å²) in [6, 6.07) is 3.51. The molecule has 4 atom stereocenters. The summed E-state index contributed by atoms with van der Waals surface area (Å²) in [5.41, 5.74) is 1.59. The molecule has 0 aromatic carbocycles. The molecule has 3 heterocycles. The molecule has 1 aliphatic heterocycles. The van der Waals surface area contributed by atoms with Gasteiger partial charge in [0.2, 0.25) is 0 Å². The van der Waals surface area contributed by atoms with Crippen LogP contribution in [0.3, 0.4) is 0 Å². The van der Waals surface area contributed by atoms with Gasteiger partial charge in [-0.3, -0.25) is 4.79 Å². The fourth-order valence-corrected chi connectivity index (χ4v) is 3.52. The lowest BCUT2D eigenvalue weighted by molar-refractivity contribution is -0.149. The van der Waals surface area contributed by atoms with E-state index in [1.54, 1.807) is 10.6 Å². The summed E-state index contributed by atoms with van der Waals surface area (Å²) < 4.78 is 12.6. The predicted octanol–water partition coefficient (Wildman–Crippen LogP) is 1.85. The highest BCUT2D eigenvalue weighted by molar-refractivity contribution is 6.29. The van der Waals surface area contributed by atoms with Crippen molar-refractivity contribution in [2.45, 2.75) is 70.4 Å². The van der Waals surface area contributed by atoms with Crippen molar-refractivity contribution in [1.82, 2.24) is 14.6 Å². The summed E-state index contributed by atoms with van der Waals surface area (Å²) in [7, 11) is 0. The lowest BCUT2D eigenvalue weighted by Crippen LogP contribution is -2.35. The molecule has 2 aromatic heterocycles. The Morgan fingerprint density at radius 2 is 2.04 bits per heavy atom. The minimum Gasteiger partial charge on any atom is -0.463 e. The van der Waals surface area contributed by atoms with Crippen molar-refractivity contribution in [3.05, 3.63) is 28.8 Å². The average Bonchev–Trinajstić information content (AvgIpc) is 3.11. The Morgan fingerprint density at radius 3 is 2.79 bits per heavy atom. The number of esters is 1. The number of hydrogen-bond acceptors (Lipinski definition) is 7. The Labute approximate surface area is 168 Å². The van der Waals surface area contributed by atoms with Crippen LogP contribution >= 0.6 is 11.6 Å². The van der Waals surface area contributed by atoms with Gasteiger partial charge in [-0.05, 0) is 25.5 Å². The van der Waals surface area contributed by atoms with Gasteiger partial charge in [-0.2, -0.15) is 5.10 Å². The first-order chi connectivity index (χ1) is 13.4. The molecule has 2 N–H and O–H groups in total. The Morgan fingerprint density at radius 1 is 1.29 bits per heavy atom. The fraction of sp³-hybridized carbons (Fsp3) is 0.632. The second-order valence-electron chi connectivity index (χ2n) is 7.10. The van der Waals surface area contributed by atoms with E-state index in [1.165, 1.54) is 0 Å². The van der Waals surface area contributed by atoms with Crippen LogP contribution in [0.2, 0.25) is 5.15 Å². The van der Waals surface area contributed by atoms with Crippen LogP contribution in [-0.2, 0) is 20.7 Å². The number of hydrogen-bond donors (Lipinski definition) is 2. The zero-order valence-corrected chi connectivity index (χ0v) is 16.8. The van der Waals surface area contributed by atoms with E-state index in [1.807, 2.05) is 13.0 Å². The summed E-state index contributed by atoms with van der Waals surface area (Å²) in [6.07, 6.45) is -0.384. The molecule has 0 bridgehead atoms. The molecule has 0 radical (unpaired) electrons. The minimum absolute atomic E-state index is 0.0921. The van der Waals surface area contributed by atoms with Gasteiger partial charge in [0, 0.05) is 12.8 Å². The molecule has 2 aromatic rings. The molecule has 1 saturated heterocycles. The molecular formula is C19H26ClN3O5. The van der Waals surface area contributed by atoms with E-state index in [9.17, 15) is 15.0 Å². The SMILES string of the molecule is CCCCCC(=O)OC[C@H]1O[C@@H](Cc2nc(C)c3ccc(Cl)nn23)[C@H](O)[C@@H]1O. The number of rotatable bonds is 8. The zero-order valence-electron chi connectivity index (χ0n) is 16.0. The number of unbranched alkanes of at least 4 members (excludes halogenated alkanes) is 2. The molecule has 3 rings (SSSR count). The Bertz CT molecular complexity index is 827. The summed E-state index contributed by atoms with van der Waals surface area (Å²) in [4.78, 5) is 16.2. The van der Waals surface area contributed by atoms with Crippen molar-refractivity contribution in [3.63, 3.8) is 0 Å². The number of carbonyl (C=O) groups excluding carboxylic acids is 1. The number of aliphatic hydroxyl groups excluding tert-OH is 2. The highest BCUT2D eigenvalue weighted by Crippen LogP contribution is 2.25. The molecule has 0 aliphatic carbocycles. The Balaban J connectivity index is 1.62. The summed E-state index contributed by atoms with van der Waals surface area (Å²) in [5.74, 6) is 0.249. The first kappa shape index (κ1) is 21.0. The topological polar surface area (TPSA) is 106 Å². The average molecular weight is 412 g/mol. The second kappa shape index (κ2) is 9.17. The van der Waals surface area contributed by atoms with Crippen LogP contribution in [0.1, 0.15) is 44.1 Å². The predicted molar refractivity (Wildman–Crippen MR) is 102 cm³/mol. The van der Waals surface area contributed by atoms with Crippen LogP contribution in [0, 0.1) is 6.92 Å². The molecule has 0 spiro atoms. The molecule has 1 fully saturated rings. The van der Waals surface area contributed by atoms with E-state index in [0.717, 1.165) is 30.5 Å². The van der Waals surface area contributed by atoms with Crippen LogP contribution in [0.5, 0.6) is 0 Å². The summed E-state index contributed by atoms with van der Waals surface area (Å²) in [6.45, 7) is 3.82. The van der Waals surface area contributed by atoms with Gasteiger partial charge in [-0.1, -0.05) is 31.4 Å². The second-order valence-corrected chi connectivity index (χ2v) is 7.49. The van der Waals surface area contributed by atoms with E-state index in [2.05, 4.69) is 17.0 Å². The number of aromatic nitrogens is 3. The first-order valence-electron chi connectivity index (χ1n) is 9.58. The van der Waals surface area contributed by atoms with Crippen molar-refractivity contribution in [2.24, 2.45) is 0 Å². The molecule has 8 nitrogen and oxygen atoms in total. The fourth-order valence-electron chi connectivity index (χ4n) is 3.38. The number of nitrogens with zero attached hydrogens (tertiary/aromatic N) is 3. The number of aryl methyl sites for hydroxylation is 1. The zero-order chi connectivity index (χ0) is 20.3. The van der Waals surface area contributed by atoms with E-state index < -0.39 is 24.4 Å². The quantitative estimate of drug-likeness (QED) is 0.504. The number of halogens is 1. The number of fused-ring (bicyclic) bond motifs is 1. The Kier molecular flexibility index (Phi) is 6.87. The van der Waals surface area contributed by atoms with E-state index in [4.69, 9.17) is 21.1 Å². The molecule has 0 saturated carbocycles. The monoisotopic (exact) mass is 411 g/mol. The highest BCUT2D eigenvalue weighted by atomic mass is 35.5. The van der Waals surface area contributed by atoms with Gasteiger partial charge in [0.1, 0.15) is 35.9 Å². The maximum absolute atomic E-state index is 11.8. The first-order valence-corrected chi connectivity index (χ1v) is 9.96. The lowest BCUT2D eigenvalue weighted by atomic mass is 10.1. The van der Waals surface area contributed by atoms with Crippen LogP contribution in [0.25, 0.3) is 5.52 Å². The van der Waals surface area contributed by atoms with Crippen molar-refractivity contribution in [2.75, 3.05) is 6.61 Å². The van der Waals surface area contributed by atoms with Gasteiger partial charge in [-0.15, -0.1) is 0 Å². The van der Waals surface area contributed by atoms with Crippen molar-refractivity contribution >= 4 is 23.1 Å². The molecule has 0 amide bonds. The number of aliphatic hydroxyl groups is 2. The molecule has 154 valence electrons. The van der Waals surface area contributed by atoms with Crippen molar-refractivity contribution < 1.29 is 24.5 Å². The minimum atomic E-state index is -1.14. The molecule has 28 heavy (non-hydrogen) atoms. The number of ether oxygens (including phenoxy) is 2. The summed E-state index contributed by atoms with van der Waals surface area (Å²) >= 11 is 5.98. The van der Waals surface area contributed by atoms with Crippen LogP contribution < -0.4 is 0 Å². The van der Waals surface area contributed by atoms with E-state index >= 15 is 0 Å². The van der Waals surface area contributed by atoms with Gasteiger partial charge in [0.25, 0.3) is 0 Å². The third-order valence-electron chi connectivity index (χ3n) is 4.95. The van der Waals surface area contributed by atoms with Crippen LogP contribution in [-0.4, -0.2) is 61.8 Å². The standard InChI is InChI=1S/C19H26ClN3O5/c1-3-4-5-6-17(24)27-10-14-19(26)18(25)13(28-14)9-16-21-11(2)12-7-8-15(20)22-23(12)16/h7-8,13-14,18-19,25-26H,3-6,9-10H2,1-2H3/t13-,14+,18-,19+/m0/s1. The van der Waals surface area contributed by atoms with Crippen LogP contribution in [0.15, 0.2) is 12.1 Å². The van der Waals surface area contributed by atoms with Gasteiger partial charge < -0.3 is 19.7 Å². The Hall–Kier alpha value is -1.74. The third kappa shape index (κ3) is 4.63. The molecule has 0 unspecified atom stereocenters. The van der Waals surface area contributed by atoms with Crippen LogP contribution in [0.4, 0.5) is 0 Å². The number of carbonyl (C=O) groups is 1. The van der Waals surface area contributed by atoms with Crippen molar-refractivity contribution in [1.29, 1.82) is 0 Å². The van der Waals surface area contributed by atoms with E-state index in [-0.39, 0.29) is 19.0 Å². The number of imidazole rings is 1.